The Balaban J connectivity index is 1.70. The van der Waals surface area contributed by atoms with Crippen LogP contribution in [0.2, 0.25) is 0 Å². The molecule has 2 aliphatic rings. The number of nitrogens with one attached hydrogen (secondary N) is 1. The molecule has 1 unspecified atom stereocenters. The molecule has 1 aliphatic carbocycles. The third kappa shape index (κ3) is 2.85. The maximum atomic E-state index is 11.8. The minimum Gasteiger partial charge on any atom is -0.448 e. The van der Waals surface area contributed by atoms with E-state index in [2.05, 4.69) is 10.1 Å². The van der Waals surface area contributed by atoms with Crippen molar-refractivity contribution in [3.63, 3.8) is 0 Å². The summed E-state index contributed by atoms with van der Waals surface area (Å²) >= 11 is 0. The van der Waals surface area contributed by atoms with Crippen LogP contribution in [0.25, 0.3) is 0 Å². The summed E-state index contributed by atoms with van der Waals surface area (Å²) in [5.74, 6) is 0.111. The number of hydrogen-bond donors (Lipinski definition) is 2. The van der Waals surface area contributed by atoms with Gasteiger partial charge in [-0.3, -0.25) is 4.79 Å². The number of nitrogens with zero attached hydrogens (tertiary/aromatic N) is 1. The molecule has 0 aromatic carbocycles. The van der Waals surface area contributed by atoms with Gasteiger partial charge < -0.3 is 20.7 Å². The highest BCUT2D eigenvalue weighted by molar-refractivity contribution is 5.84. The van der Waals surface area contributed by atoms with Crippen molar-refractivity contribution in [3.05, 3.63) is 0 Å². The van der Waals surface area contributed by atoms with Gasteiger partial charge in [0.2, 0.25) is 5.91 Å². The van der Waals surface area contributed by atoms with Crippen LogP contribution >= 0.6 is 0 Å². The topological polar surface area (TPSA) is 84.7 Å². The average Bonchev–Trinajstić information content (AvgIpc) is 2.97. The SMILES string of the molecule is NC(=O)OCCN1CCC(NC2CC2)C1=O. The molecule has 1 saturated heterocycles. The zero-order chi connectivity index (χ0) is 11.5. The zero-order valence-electron chi connectivity index (χ0n) is 9.15. The quantitative estimate of drug-likeness (QED) is 0.659. The molecule has 0 aromatic rings. The first-order valence-electron chi connectivity index (χ1n) is 5.64. The van der Waals surface area contributed by atoms with Crippen LogP contribution < -0.4 is 11.1 Å². The molecule has 6 heteroatoms. The van der Waals surface area contributed by atoms with Crippen LogP contribution in [0.1, 0.15) is 19.3 Å². The molecule has 1 atom stereocenters. The van der Waals surface area contributed by atoms with E-state index in [1.807, 2.05) is 0 Å². The number of carbonyl (C=O) groups is 2. The lowest BCUT2D eigenvalue weighted by Gasteiger charge is -2.16. The highest BCUT2D eigenvalue weighted by Gasteiger charge is 2.35. The van der Waals surface area contributed by atoms with Gasteiger partial charge in [-0.25, -0.2) is 4.79 Å². The fraction of sp³-hybridized carbons (Fsp3) is 0.800. The van der Waals surface area contributed by atoms with Crippen molar-refractivity contribution in [1.82, 2.24) is 10.2 Å². The first-order chi connectivity index (χ1) is 7.66. The Bertz CT molecular complexity index is 291. The number of rotatable bonds is 5. The van der Waals surface area contributed by atoms with E-state index in [1.165, 1.54) is 12.8 Å². The zero-order valence-corrected chi connectivity index (χ0v) is 9.15. The molecule has 6 nitrogen and oxygen atoms in total. The van der Waals surface area contributed by atoms with Gasteiger partial charge in [-0.15, -0.1) is 0 Å². The second-order valence-corrected chi connectivity index (χ2v) is 4.27. The third-order valence-electron chi connectivity index (χ3n) is 2.92. The average molecular weight is 227 g/mol. The van der Waals surface area contributed by atoms with Crippen LogP contribution in [0.3, 0.4) is 0 Å². The summed E-state index contributed by atoms with van der Waals surface area (Å²) in [6, 6.07) is 0.497. The first-order valence-corrected chi connectivity index (χ1v) is 5.64. The molecule has 0 bridgehead atoms. The summed E-state index contributed by atoms with van der Waals surface area (Å²) in [5.41, 5.74) is 4.84. The summed E-state index contributed by atoms with van der Waals surface area (Å²) < 4.78 is 4.61. The molecular weight excluding hydrogens is 210 g/mol. The Hall–Kier alpha value is -1.30. The lowest BCUT2D eigenvalue weighted by molar-refractivity contribution is -0.129. The molecule has 1 aliphatic heterocycles. The first kappa shape index (κ1) is 11.2. The summed E-state index contributed by atoms with van der Waals surface area (Å²) in [4.78, 5) is 23.9. The Kier molecular flexibility index (Phi) is 3.28. The molecule has 0 radical (unpaired) electrons. The molecular formula is C10H17N3O3. The smallest absolute Gasteiger partial charge is 0.404 e. The predicted molar refractivity (Wildman–Crippen MR) is 56.7 cm³/mol. The molecule has 0 aromatic heterocycles. The van der Waals surface area contributed by atoms with Crippen molar-refractivity contribution < 1.29 is 14.3 Å². The number of primary amides is 1. The van der Waals surface area contributed by atoms with Gasteiger partial charge in [0.05, 0.1) is 12.6 Å². The van der Waals surface area contributed by atoms with Gasteiger partial charge in [-0.2, -0.15) is 0 Å². The molecule has 16 heavy (non-hydrogen) atoms. The van der Waals surface area contributed by atoms with E-state index < -0.39 is 6.09 Å². The normalized spacial score (nSPS) is 24.9. The molecule has 1 heterocycles. The largest absolute Gasteiger partial charge is 0.448 e. The second kappa shape index (κ2) is 4.69. The number of nitrogens with two attached hydrogens (primary N) is 1. The van der Waals surface area contributed by atoms with Gasteiger partial charge in [-0.05, 0) is 19.3 Å². The van der Waals surface area contributed by atoms with Gasteiger partial charge in [0.1, 0.15) is 6.61 Å². The predicted octanol–water partition coefficient (Wildman–Crippen LogP) is -0.565. The lowest BCUT2D eigenvalue weighted by Crippen LogP contribution is -2.40. The van der Waals surface area contributed by atoms with E-state index in [1.54, 1.807) is 4.90 Å². The van der Waals surface area contributed by atoms with Crippen molar-refractivity contribution in [1.29, 1.82) is 0 Å². The van der Waals surface area contributed by atoms with Crippen LogP contribution in [0.15, 0.2) is 0 Å². The van der Waals surface area contributed by atoms with Crippen LogP contribution in [0.5, 0.6) is 0 Å². The van der Waals surface area contributed by atoms with Gasteiger partial charge in [0, 0.05) is 12.6 Å². The van der Waals surface area contributed by atoms with Crippen molar-refractivity contribution in [2.45, 2.75) is 31.3 Å². The fourth-order valence-electron chi connectivity index (χ4n) is 1.91. The number of carbonyl (C=O) groups excluding carboxylic acids is 2. The molecule has 2 rings (SSSR count). The van der Waals surface area contributed by atoms with E-state index in [4.69, 9.17) is 5.73 Å². The van der Waals surface area contributed by atoms with E-state index >= 15 is 0 Å². The summed E-state index contributed by atoms with van der Waals surface area (Å²) in [5, 5.41) is 3.31. The molecule has 3 N–H and O–H groups in total. The van der Waals surface area contributed by atoms with Crippen molar-refractivity contribution in [2.24, 2.45) is 5.73 Å². The number of likely N-dealkylation sites (tertiary alicyclic amines) is 1. The van der Waals surface area contributed by atoms with Gasteiger partial charge >= 0.3 is 6.09 Å². The minimum absolute atomic E-state index is 0.0407. The van der Waals surface area contributed by atoms with Crippen LogP contribution in [-0.4, -0.2) is 48.7 Å². The van der Waals surface area contributed by atoms with Crippen molar-refractivity contribution in [2.75, 3.05) is 19.7 Å². The molecule has 1 saturated carbocycles. The number of amides is 2. The standard InChI is InChI=1S/C10H17N3O3/c11-10(15)16-6-5-13-4-3-8(9(13)14)12-7-1-2-7/h7-8,12H,1-6H2,(H2,11,15). The highest BCUT2D eigenvalue weighted by atomic mass is 16.5. The van der Waals surface area contributed by atoms with E-state index in [0.29, 0.717) is 12.6 Å². The lowest BCUT2D eigenvalue weighted by atomic mass is 10.2. The molecule has 2 amide bonds. The molecule has 0 spiro atoms. The van der Waals surface area contributed by atoms with Crippen LogP contribution in [0, 0.1) is 0 Å². The Labute approximate surface area is 94.1 Å². The number of ether oxygens (including phenoxy) is 1. The van der Waals surface area contributed by atoms with Gasteiger partial charge in [0.25, 0.3) is 0 Å². The second-order valence-electron chi connectivity index (χ2n) is 4.27. The molecule has 90 valence electrons. The maximum absolute atomic E-state index is 11.8. The van der Waals surface area contributed by atoms with E-state index in [-0.39, 0.29) is 18.6 Å². The maximum Gasteiger partial charge on any atom is 0.404 e. The Morgan fingerprint density at radius 1 is 1.50 bits per heavy atom. The van der Waals surface area contributed by atoms with Crippen molar-refractivity contribution >= 4 is 12.0 Å². The van der Waals surface area contributed by atoms with E-state index in [0.717, 1.165) is 13.0 Å². The van der Waals surface area contributed by atoms with Gasteiger partial charge in [-0.1, -0.05) is 0 Å². The monoisotopic (exact) mass is 227 g/mol. The van der Waals surface area contributed by atoms with Crippen LogP contribution in [0.4, 0.5) is 4.79 Å². The fourth-order valence-corrected chi connectivity index (χ4v) is 1.91. The summed E-state index contributed by atoms with van der Waals surface area (Å²) in [7, 11) is 0. The van der Waals surface area contributed by atoms with Gasteiger partial charge in [0.15, 0.2) is 0 Å². The third-order valence-corrected chi connectivity index (χ3v) is 2.92. The molecule has 2 fully saturated rings. The summed E-state index contributed by atoms with van der Waals surface area (Å²) in [6.07, 6.45) is 2.40. The van der Waals surface area contributed by atoms with Crippen molar-refractivity contribution in [3.8, 4) is 0 Å². The Morgan fingerprint density at radius 2 is 2.25 bits per heavy atom. The van der Waals surface area contributed by atoms with E-state index in [9.17, 15) is 9.59 Å². The highest BCUT2D eigenvalue weighted by Crippen LogP contribution is 2.22. The summed E-state index contributed by atoms with van der Waals surface area (Å²) in [6.45, 7) is 1.34. The number of hydrogen-bond acceptors (Lipinski definition) is 4. The Morgan fingerprint density at radius 3 is 2.88 bits per heavy atom. The minimum atomic E-state index is -0.792. The van der Waals surface area contributed by atoms with Crippen LogP contribution in [-0.2, 0) is 9.53 Å².